The number of fused-ring (bicyclic) bond motifs is 1. The van der Waals surface area contributed by atoms with Crippen LogP contribution in [0.1, 0.15) is 0 Å². The highest BCUT2D eigenvalue weighted by Gasteiger charge is 2.28. The summed E-state index contributed by atoms with van der Waals surface area (Å²) in [7, 11) is 0. The van der Waals surface area contributed by atoms with Gasteiger partial charge in [-0.05, 0) is 0 Å². The van der Waals surface area contributed by atoms with Crippen LogP contribution in [0, 0.1) is 0 Å². The predicted molar refractivity (Wildman–Crippen MR) is 46.8 cm³/mol. The lowest BCUT2D eigenvalue weighted by atomic mass is 10.1. The van der Waals surface area contributed by atoms with Gasteiger partial charge in [-0.25, -0.2) is 0 Å². The van der Waals surface area contributed by atoms with Crippen LogP contribution in [-0.2, 0) is 4.74 Å². The third kappa shape index (κ3) is 1.61. The Morgan fingerprint density at radius 2 is 2.25 bits per heavy atom. The van der Waals surface area contributed by atoms with Gasteiger partial charge in [0, 0.05) is 38.9 Å². The molecule has 0 aliphatic carbocycles. The summed E-state index contributed by atoms with van der Waals surface area (Å²) in [5.74, 6) is 0. The molecule has 4 heteroatoms. The first-order valence-corrected chi connectivity index (χ1v) is 4.64. The molecule has 2 heterocycles. The van der Waals surface area contributed by atoms with Crippen molar-refractivity contribution in [2.75, 3.05) is 46.1 Å². The van der Waals surface area contributed by atoms with E-state index in [2.05, 4.69) is 9.80 Å². The smallest absolute Gasteiger partial charge is 0.0634 e. The quantitative estimate of drug-likeness (QED) is 0.545. The molecule has 0 amide bonds. The van der Waals surface area contributed by atoms with E-state index in [9.17, 15) is 0 Å². The van der Waals surface area contributed by atoms with Crippen LogP contribution >= 0.6 is 0 Å². The summed E-state index contributed by atoms with van der Waals surface area (Å²) in [6.45, 7) is 6.93. The maximum atomic E-state index is 5.59. The Labute approximate surface area is 73.3 Å². The molecule has 70 valence electrons. The highest BCUT2D eigenvalue weighted by molar-refractivity contribution is 4.83. The summed E-state index contributed by atoms with van der Waals surface area (Å²) >= 11 is 0. The zero-order chi connectivity index (χ0) is 8.39. The third-order valence-electron chi connectivity index (χ3n) is 2.78. The minimum atomic E-state index is 0.594. The fourth-order valence-corrected chi connectivity index (χ4v) is 1.98. The Hall–Kier alpha value is -0.160. The average Bonchev–Trinajstić information content (AvgIpc) is 2.17. The second kappa shape index (κ2) is 3.70. The molecule has 2 saturated heterocycles. The summed E-state index contributed by atoms with van der Waals surface area (Å²) in [6.07, 6.45) is 0. The Morgan fingerprint density at radius 1 is 1.33 bits per heavy atom. The topological polar surface area (TPSA) is 41.7 Å². The summed E-state index contributed by atoms with van der Waals surface area (Å²) in [5.41, 5.74) is 5.59. The van der Waals surface area contributed by atoms with E-state index in [4.69, 9.17) is 10.5 Å². The van der Waals surface area contributed by atoms with E-state index in [0.717, 1.165) is 39.4 Å². The van der Waals surface area contributed by atoms with E-state index < -0.39 is 0 Å². The van der Waals surface area contributed by atoms with Crippen LogP contribution in [0.5, 0.6) is 0 Å². The molecule has 2 aliphatic heterocycles. The Morgan fingerprint density at radius 3 is 3.08 bits per heavy atom. The molecule has 1 unspecified atom stereocenters. The molecule has 0 aromatic carbocycles. The minimum Gasteiger partial charge on any atom is -0.378 e. The van der Waals surface area contributed by atoms with Gasteiger partial charge in [0.2, 0.25) is 0 Å². The van der Waals surface area contributed by atoms with Crippen molar-refractivity contribution in [3.8, 4) is 0 Å². The van der Waals surface area contributed by atoms with Crippen molar-refractivity contribution in [3.05, 3.63) is 0 Å². The first-order chi connectivity index (χ1) is 5.90. The second-order valence-electron chi connectivity index (χ2n) is 3.52. The van der Waals surface area contributed by atoms with Crippen molar-refractivity contribution in [1.29, 1.82) is 0 Å². The van der Waals surface area contributed by atoms with Crippen molar-refractivity contribution in [1.82, 2.24) is 9.80 Å². The summed E-state index contributed by atoms with van der Waals surface area (Å²) in [6, 6.07) is 0.594. The van der Waals surface area contributed by atoms with Gasteiger partial charge < -0.3 is 10.5 Å². The minimum absolute atomic E-state index is 0.594. The molecule has 0 aromatic heterocycles. The van der Waals surface area contributed by atoms with Gasteiger partial charge in [-0.2, -0.15) is 0 Å². The van der Waals surface area contributed by atoms with Gasteiger partial charge >= 0.3 is 0 Å². The van der Waals surface area contributed by atoms with Crippen LogP contribution in [0.3, 0.4) is 0 Å². The van der Waals surface area contributed by atoms with Crippen LogP contribution in [0.25, 0.3) is 0 Å². The fourth-order valence-electron chi connectivity index (χ4n) is 1.98. The van der Waals surface area contributed by atoms with Gasteiger partial charge in [0.25, 0.3) is 0 Å². The Balaban J connectivity index is 1.90. The number of hydrogen-bond donors (Lipinski definition) is 1. The van der Waals surface area contributed by atoms with E-state index in [-0.39, 0.29) is 0 Å². The zero-order valence-corrected chi connectivity index (χ0v) is 7.41. The molecule has 4 nitrogen and oxygen atoms in total. The van der Waals surface area contributed by atoms with E-state index >= 15 is 0 Å². The van der Waals surface area contributed by atoms with Crippen LogP contribution < -0.4 is 5.73 Å². The summed E-state index contributed by atoms with van der Waals surface area (Å²) in [5, 5.41) is 0. The van der Waals surface area contributed by atoms with Crippen molar-refractivity contribution in [2.45, 2.75) is 6.04 Å². The standard InChI is InChI=1S/C8H17N3O/c9-7-10-1-2-11-3-4-12-6-8(11)5-10/h8H,1-7,9H2. The number of morpholine rings is 1. The third-order valence-corrected chi connectivity index (χ3v) is 2.78. The molecule has 2 rings (SSSR count). The van der Waals surface area contributed by atoms with Crippen molar-refractivity contribution in [2.24, 2.45) is 5.73 Å². The molecule has 12 heavy (non-hydrogen) atoms. The van der Waals surface area contributed by atoms with Gasteiger partial charge in [-0.1, -0.05) is 0 Å². The lowest BCUT2D eigenvalue weighted by molar-refractivity contribution is -0.0440. The van der Waals surface area contributed by atoms with E-state index in [1.807, 2.05) is 0 Å². The number of ether oxygens (including phenoxy) is 1. The number of rotatable bonds is 1. The van der Waals surface area contributed by atoms with E-state index in [1.165, 1.54) is 0 Å². The number of nitrogens with two attached hydrogens (primary N) is 1. The molecule has 1 atom stereocenters. The monoisotopic (exact) mass is 171 g/mol. The highest BCUT2D eigenvalue weighted by atomic mass is 16.5. The van der Waals surface area contributed by atoms with Crippen LogP contribution in [0.2, 0.25) is 0 Å². The molecular formula is C8H17N3O. The van der Waals surface area contributed by atoms with E-state index in [0.29, 0.717) is 12.7 Å². The molecule has 2 aliphatic rings. The summed E-state index contributed by atoms with van der Waals surface area (Å²) in [4.78, 5) is 4.80. The first-order valence-electron chi connectivity index (χ1n) is 4.64. The van der Waals surface area contributed by atoms with Crippen molar-refractivity contribution >= 4 is 0 Å². The number of hydrogen-bond acceptors (Lipinski definition) is 4. The first kappa shape index (κ1) is 8.44. The molecule has 0 radical (unpaired) electrons. The van der Waals surface area contributed by atoms with Crippen LogP contribution in [0.15, 0.2) is 0 Å². The SMILES string of the molecule is NCN1CCN2CCOCC2C1. The molecular weight excluding hydrogens is 154 g/mol. The average molecular weight is 171 g/mol. The van der Waals surface area contributed by atoms with Gasteiger partial charge in [-0.3, -0.25) is 9.80 Å². The maximum Gasteiger partial charge on any atom is 0.0634 e. The summed E-state index contributed by atoms with van der Waals surface area (Å²) < 4.78 is 5.42. The molecule has 2 N–H and O–H groups in total. The van der Waals surface area contributed by atoms with Gasteiger partial charge in [-0.15, -0.1) is 0 Å². The van der Waals surface area contributed by atoms with Gasteiger partial charge in [0.1, 0.15) is 0 Å². The number of piperazine rings is 1. The van der Waals surface area contributed by atoms with Crippen molar-refractivity contribution < 1.29 is 4.74 Å². The lowest BCUT2D eigenvalue weighted by Crippen LogP contribution is -2.58. The number of nitrogens with zero attached hydrogens (tertiary/aromatic N) is 2. The van der Waals surface area contributed by atoms with E-state index in [1.54, 1.807) is 0 Å². The maximum absolute atomic E-state index is 5.59. The molecule has 0 bridgehead atoms. The predicted octanol–water partition coefficient (Wildman–Crippen LogP) is -1.08. The zero-order valence-electron chi connectivity index (χ0n) is 7.41. The second-order valence-corrected chi connectivity index (χ2v) is 3.52. The normalized spacial score (nSPS) is 33.2. The molecule has 0 spiro atoms. The van der Waals surface area contributed by atoms with Crippen LogP contribution in [0.4, 0.5) is 0 Å². The Bertz CT molecular complexity index is 153. The fraction of sp³-hybridized carbons (Fsp3) is 1.00. The van der Waals surface area contributed by atoms with Gasteiger partial charge in [0.15, 0.2) is 0 Å². The molecule has 0 saturated carbocycles. The van der Waals surface area contributed by atoms with Crippen LogP contribution in [-0.4, -0.2) is 61.9 Å². The lowest BCUT2D eigenvalue weighted by Gasteiger charge is -2.43. The Kier molecular flexibility index (Phi) is 2.60. The highest BCUT2D eigenvalue weighted by Crippen LogP contribution is 2.12. The van der Waals surface area contributed by atoms with Crippen molar-refractivity contribution in [3.63, 3.8) is 0 Å². The molecule has 2 fully saturated rings. The van der Waals surface area contributed by atoms with Gasteiger partial charge in [0.05, 0.1) is 13.2 Å². The largest absolute Gasteiger partial charge is 0.378 e. The molecule has 0 aromatic rings.